The highest BCUT2D eigenvalue weighted by Crippen LogP contribution is 2.23. The Morgan fingerprint density at radius 2 is 2.36 bits per heavy atom. The van der Waals surface area contributed by atoms with E-state index in [9.17, 15) is 4.79 Å². The average molecular weight is 170 g/mol. The van der Waals surface area contributed by atoms with Crippen LogP contribution in [0.1, 0.15) is 5.69 Å². The van der Waals surface area contributed by atoms with Gasteiger partial charge < -0.3 is 0 Å². The van der Waals surface area contributed by atoms with Crippen molar-refractivity contribution in [3.8, 4) is 0 Å². The minimum Gasteiger partial charge on any atom is -0.239 e. The van der Waals surface area contributed by atoms with Crippen LogP contribution in [0.3, 0.4) is 0 Å². The van der Waals surface area contributed by atoms with Gasteiger partial charge in [0.2, 0.25) is 6.08 Å². The van der Waals surface area contributed by atoms with Crippen molar-refractivity contribution in [1.29, 1.82) is 0 Å². The second-order valence-corrected chi connectivity index (χ2v) is 2.16. The zero-order valence-electron chi connectivity index (χ0n) is 5.71. The van der Waals surface area contributed by atoms with Crippen molar-refractivity contribution in [3.63, 3.8) is 0 Å². The third-order valence-corrected chi connectivity index (χ3v) is 1.39. The largest absolute Gasteiger partial charge is 0.240 e. The van der Waals surface area contributed by atoms with Gasteiger partial charge in [-0.1, -0.05) is 11.6 Å². The van der Waals surface area contributed by atoms with Gasteiger partial charge >= 0.3 is 0 Å². The molecule has 0 saturated heterocycles. The number of aromatic nitrogens is 2. The van der Waals surface area contributed by atoms with Crippen LogP contribution in [-0.4, -0.2) is 16.0 Å². The molecule has 11 heavy (non-hydrogen) atoms. The maximum absolute atomic E-state index is 9.87. The van der Waals surface area contributed by atoms with Gasteiger partial charge in [0.1, 0.15) is 12.0 Å². The minimum atomic E-state index is 0.167. The fourth-order valence-corrected chi connectivity index (χ4v) is 0.833. The van der Waals surface area contributed by atoms with Gasteiger partial charge in [-0.3, -0.25) is 0 Å². The number of isocyanates is 1. The molecular formula is C6H4ClN3O. The lowest BCUT2D eigenvalue weighted by Gasteiger charge is -1.95. The lowest BCUT2D eigenvalue weighted by molar-refractivity contribution is 0.565. The van der Waals surface area contributed by atoms with Gasteiger partial charge in [0.15, 0.2) is 5.15 Å². The summed E-state index contributed by atoms with van der Waals surface area (Å²) >= 11 is 5.58. The quantitative estimate of drug-likeness (QED) is 0.363. The van der Waals surface area contributed by atoms with E-state index in [1.54, 1.807) is 6.92 Å². The molecule has 0 spiro atoms. The van der Waals surface area contributed by atoms with E-state index in [1.807, 2.05) is 0 Å². The van der Waals surface area contributed by atoms with Crippen LogP contribution in [-0.2, 0) is 4.79 Å². The number of rotatable bonds is 1. The highest BCUT2D eigenvalue weighted by molar-refractivity contribution is 6.31. The van der Waals surface area contributed by atoms with Crippen LogP contribution >= 0.6 is 11.6 Å². The molecule has 5 heteroatoms. The van der Waals surface area contributed by atoms with Gasteiger partial charge in [-0.25, -0.2) is 14.8 Å². The number of aryl methyl sites for hydroxylation is 1. The first-order valence-electron chi connectivity index (χ1n) is 2.80. The summed E-state index contributed by atoms with van der Waals surface area (Å²) in [7, 11) is 0. The van der Waals surface area contributed by atoms with Gasteiger partial charge in [0.25, 0.3) is 0 Å². The number of hydrogen-bond acceptors (Lipinski definition) is 4. The summed E-state index contributed by atoms with van der Waals surface area (Å²) < 4.78 is 0. The van der Waals surface area contributed by atoms with Crippen LogP contribution in [0.25, 0.3) is 0 Å². The minimum absolute atomic E-state index is 0.167. The van der Waals surface area contributed by atoms with Crippen LogP contribution in [0.15, 0.2) is 11.3 Å². The molecule has 1 rings (SSSR count). The molecule has 0 aliphatic carbocycles. The summed E-state index contributed by atoms with van der Waals surface area (Å²) in [5.74, 6) is 0. The van der Waals surface area contributed by atoms with Gasteiger partial charge in [0, 0.05) is 0 Å². The lowest BCUT2D eigenvalue weighted by atomic mass is 10.4. The van der Waals surface area contributed by atoms with E-state index < -0.39 is 0 Å². The summed E-state index contributed by atoms with van der Waals surface area (Å²) in [6, 6.07) is 0. The van der Waals surface area contributed by atoms with Crippen molar-refractivity contribution >= 4 is 23.4 Å². The summed E-state index contributed by atoms with van der Waals surface area (Å²) in [6.45, 7) is 1.68. The summed E-state index contributed by atoms with van der Waals surface area (Å²) in [5.41, 5.74) is 0.845. The van der Waals surface area contributed by atoms with Crippen LogP contribution in [0.4, 0.5) is 5.69 Å². The first-order valence-corrected chi connectivity index (χ1v) is 3.18. The average Bonchev–Trinajstić information content (AvgIpc) is 1.97. The number of aliphatic imine (C=N–C) groups is 1. The summed E-state index contributed by atoms with van der Waals surface area (Å²) in [5, 5.41) is 0.167. The number of carbonyl (C=O) groups excluding carboxylic acids is 1. The SMILES string of the molecule is Cc1ncnc(Cl)c1N=C=O. The molecule has 0 radical (unpaired) electrons. The molecule has 0 saturated carbocycles. The molecule has 1 heterocycles. The van der Waals surface area contributed by atoms with Gasteiger partial charge in [0.05, 0.1) is 5.69 Å². The zero-order chi connectivity index (χ0) is 8.27. The molecule has 4 nitrogen and oxygen atoms in total. The number of hydrogen-bond donors (Lipinski definition) is 0. The first kappa shape index (κ1) is 7.85. The van der Waals surface area contributed by atoms with E-state index >= 15 is 0 Å². The molecule has 56 valence electrons. The lowest BCUT2D eigenvalue weighted by Crippen LogP contribution is -1.84. The molecular weight excluding hydrogens is 166 g/mol. The highest BCUT2D eigenvalue weighted by atomic mass is 35.5. The van der Waals surface area contributed by atoms with E-state index in [0.29, 0.717) is 5.69 Å². The molecule has 0 atom stereocenters. The molecule has 0 aromatic carbocycles. The Hall–Kier alpha value is -1.25. The Bertz CT molecular complexity index is 299. The maximum Gasteiger partial charge on any atom is 0.240 e. The first-order chi connectivity index (χ1) is 5.25. The summed E-state index contributed by atoms with van der Waals surface area (Å²) in [6.07, 6.45) is 2.68. The molecule has 0 bridgehead atoms. The molecule has 0 aliphatic heterocycles. The van der Waals surface area contributed by atoms with Crippen molar-refractivity contribution < 1.29 is 4.79 Å². The van der Waals surface area contributed by atoms with Crippen LogP contribution < -0.4 is 0 Å². The fraction of sp³-hybridized carbons (Fsp3) is 0.167. The second kappa shape index (κ2) is 3.23. The molecule has 1 aromatic heterocycles. The Morgan fingerprint density at radius 1 is 1.64 bits per heavy atom. The van der Waals surface area contributed by atoms with Gasteiger partial charge in [-0.2, -0.15) is 4.99 Å². The molecule has 0 unspecified atom stereocenters. The smallest absolute Gasteiger partial charge is 0.239 e. The fourth-order valence-electron chi connectivity index (χ4n) is 0.610. The van der Waals surface area contributed by atoms with E-state index in [4.69, 9.17) is 11.6 Å². The van der Waals surface area contributed by atoms with E-state index in [2.05, 4.69) is 15.0 Å². The highest BCUT2D eigenvalue weighted by Gasteiger charge is 2.03. The monoisotopic (exact) mass is 169 g/mol. The number of nitrogens with zero attached hydrogens (tertiary/aromatic N) is 3. The predicted octanol–water partition coefficient (Wildman–Crippen LogP) is 1.41. The third-order valence-electron chi connectivity index (χ3n) is 1.12. The van der Waals surface area contributed by atoms with Gasteiger partial charge in [-0.15, -0.1) is 0 Å². The van der Waals surface area contributed by atoms with E-state index in [1.165, 1.54) is 12.4 Å². The van der Waals surface area contributed by atoms with Crippen LogP contribution in [0, 0.1) is 6.92 Å². The number of halogens is 1. The van der Waals surface area contributed by atoms with Crippen LogP contribution in [0.5, 0.6) is 0 Å². The predicted molar refractivity (Wildman–Crippen MR) is 39.6 cm³/mol. The van der Waals surface area contributed by atoms with Crippen molar-refractivity contribution in [1.82, 2.24) is 9.97 Å². The molecule has 0 N–H and O–H groups in total. The molecule has 1 aromatic rings. The topological polar surface area (TPSA) is 55.2 Å². The van der Waals surface area contributed by atoms with Crippen LogP contribution in [0.2, 0.25) is 5.15 Å². The third kappa shape index (κ3) is 1.61. The molecule has 0 amide bonds. The maximum atomic E-state index is 9.87. The van der Waals surface area contributed by atoms with E-state index in [-0.39, 0.29) is 10.8 Å². The molecule has 0 aliphatic rings. The molecule has 0 fully saturated rings. The van der Waals surface area contributed by atoms with E-state index in [0.717, 1.165) is 0 Å². The Kier molecular flexibility index (Phi) is 2.31. The Balaban J connectivity index is 3.31. The van der Waals surface area contributed by atoms with Gasteiger partial charge in [-0.05, 0) is 6.92 Å². The zero-order valence-corrected chi connectivity index (χ0v) is 6.46. The van der Waals surface area contributed by atoms with Crippen molar-refractivity contribution in [2.45, 2.75) is 6.92 Å². The normalized spacial score (nSPS) is 8.91. The summed E-state index contributed by atoms with van der Waals surface area (Å²) in [4.78, 5) is 20.6. The van der Waals surface area contributed by atoms with Crippen molar-refractivity contribution in [3.05, 3.63) is 17.2 Å². The van der Waals surface area contributed by atoms with Crippen molar-refractivity contribution in [2.24, 2.45) is 4.99 Å². The Labute approximate surface area is 68.0 Å². The standard InChI is InChI=1S/C6H4ClN3O/c1-4-5(10-3-11)6(7)9-2-8-4/h2H,1H3. The van der Waals surface area contributed by atoms with Crippen molar-refractivity contribution in [2.75, 3.05) is 0 Å². The second-order valence-electron chi connectivity index (χ2n) is 1.80. The Morgan fingerprint density at radius 3 is 2.91 bits per heavy atom.